The van der Waals surface area contributed by atoms with Crippen molar-refractivity contribution < 1.29 is 14.7 Å². The van der Waals surface area contributed by atoms with Gasteiger partial charge in [-0.1, -0.05) is 0 Å². The normalized spacial score (nSPS) is 27.5. The summed E-state index contributed by atoms with van der Waals surface area (Å²) < 4.78 is 0. The summed E-state index contributed by atoms with van der Waals surface area (Å²) in [6.45, 7) is 0.625. The van der Waals surface area contributed by atoms with E-state index in [9.17, 15) is 9.59 Å². The Morgan fingerprint density at radius 2 is 2.00 bits per heavy atom. The second-order valence-corrected chi connectivity index (χ2v) is 4.99. The molecule has 1 amide bonds. The van der Waals surface area contributed by atoms with Crippen molar-refractivity contribution in [2.24, 2.45) is 17.8 Å². The lowest BCUT2D eigenvalue weighted by Gasteiger charge is -2.03. The van der Waals surface area contributed by atoms with Crippen molar-refractivity contribution in [3.05, 3.63) is 0 Å². The highest BCUT2D eigenvalue weighted by Crippen LogP contribution is 2.54. The molecule has 2 N–H and O–H groups in total. The van der Waals surface area contributed by atoms with E-state index in [1.807, 2.05) is 0 Å². The van der Waals surface area contributed by atoms with Gasteiger partial charge in [0.1, 0.15) is 0 Å². The van der Waals surface area contributed by atoms with E-state index in [4.69, 9.17) is 5.11 Å². The SMILES string of the molecule is O=C(O)CCCCNC(=O)[C@@H]1C[C@H]1C1CC1. The van der Waals surface area contributed by atoms with Crippen molar-refractivity contribution in [3.8, 4) is 0 Å². The molecule has 0 aliphatic heterocycles. The minimum Gasteiger partial charge on any atom is -0.481 e. The first kappa shape index (κ1) is 11.4. The fraction of sp³-hybridized carbons (Fsp3) is 0.833. The van der Waals surface area contributed by atoms with E-state index in [2.05, 4.69) is 5.32 Å². The fourth-order valence-electron chi connectivity index (χ4n) is 2.31. The monoisotopic (exact) mass is 225 g/mol. The van der Waals surface area contributed by atoms with Crippen LogP contribution in [-0.2, 0) is 9.59 Å². The van der Waals surface area contributed by atoms with Gasteiger partial charge in [-0.05, 0) is 43.9 Å². The van der Waals surface area contributed by atoms with Crippen LogP contribution < -0.4 is 5.32 Å². The summed E-state index contributed by atoms with van der Waals surface area (Å²) in [7, 11) is 0. The number of aliphatic carboxylic acids is 1. The molecule has 0 aromatic heterocycles. The van der Waals surface area contributed by atoms with Crippen molar-refractivity contribution in [3.63, 3.8) is 0 Å². The quantitative estimate of drug-likeness (QED) is 0.644. The Hall–Kier alpha value is -1.06. The van der Waals surface area contributed by atoms with E-state index in [0.29, 0.717) is 18.9 Å². The van der Waals surface area contributed by atoms with Gasteiger partial charge in [0.15, 0.2) is 0 Å². The van der Waals surface area contributed by atoms with Gasteiger partial charge in [0.25, 0.3) is 0 Å². The lowest BCUT2D eigenvalue weighted by atomic mass is 10.2. The summed E-state index contributed by atoms with van der Waals surface area (Å²) in [5, 5.41) is 11.3. The number of hydrogen-bond acceptors (Lipinski definition) is 2. The molecule has 16 heavy (non-hydrogen) atoms. The van der Waals surface area contributed by atoms with Crippen LogP contribution in [0.4, 0.5) is 0 Å². The molecule has 0 heterocycles. The van der Waals surface area contributed by atoms with Crippen LogP contribution in [0.1, 0.15) is 38.5 Å². The van der Waals surface area contributed by atoms with Gasteiger partial charge in [0, 0.05) is 18.9 Å². The van der Waals surface area contributed by atoms with Gasteiger partial charge in [-0.3, -0.25) is 9.59 Å². The summed E-state index contributed by atoms with van der Waals surface area (Å²) in [4.78, 5) is 21.9. The molecule has 2 rings (SSSR count). The van der Waals surface area contributed by atoms with Crippen LogP contribution in [0, 0.1) is 17.8 Å². The van der Waals surface area contributed by atoms with Crippen LogP contribution in [0.25, 0.3) is 0 Å². The van der Waals surface area contributed by atoms with Crippen LogP contribution in [0.5, 0.6) is 0 Å². The third kappa shape index (κ3) is 3.22. The topological polar surface area (TPSA) is 66.4 Å². The van der Waals surface area contributed by atoms with Crippen molar-refractivity contribution >= 4 is 11.9 Å². The third-order valence-corrected chi connectivity index (χ3v) is 3.52. The summed E-state index contributed by atoms with van der Waals surface area (Å²) in [5.41, 5.74) is 0. The largest absolute Gasteiger partial charge is 0.481 e. The van der Waals surface area contributed by atoms with Crippen molar-refractivity contribution in [1.29, 1.82) is 0 Å². The fourth-order valence-corrected chi connectivity index (χ4v) is 2.31. The minimum atomic E-state index is -0.762. The lowest BCUT2D eigenvalue weighted by molar-refractivity contribution is -0.137. The maximum Gasteiger partial charge on any atom is 0.303 e. The Morgan fingerprint density at radius 1 is 1.25 bits per heavy atom. The van der Waals surface area contributed by atoms with Crippen LogP contribution in [0.3, 0.4) is 0 Å². The Labute approximate surface area is 95.4 Å². The Bertz CT molecular complexity index is 286. The second-order valence-electron chi connectivity index (χ2n) is 4.99. The smallest absolute Gasteiger partial charge is 0.303 e. The molecule has 4 nitrogen and oxygen atoms in total. The number of amides is 1. The zero-order chi connectivity index (χ0) is 11.5. The van der Waals surface area contributed by atoms with Gasteiger partial charge >= 0.3 is 5.97 Å². The predicted molar refractivity (Wildman–Crippen MR) is 58.8 cm³/mol. The number of carbonyl (C=O) groups excluding carboxylic acids is 1. The molecular weight excluding hydrogens is 206 g/mol. The predicted octanol–water partition coefficient (Wildman–Crippen LogP) is 1.40. The van der Waals surface area contributed by atoms with Gasteiger partial charge in [0.05, 0.1) is 0 Å². The van der Waals surface area contributed by atoms with Crippen LogP contribution in [0.15, 0.2) is 0 Å². The first-order valence-corrected chi connectivity index (χ1v) is 6.18. The molecule has 0 saturated heterocycles. The zero-order valence-corrected chi connectivity index (χ0v) is 9.45. The van der Waals surface area contributed by atoms with Gasteiger partial charge in [-0.2, -0.15) is 0 Å². The molecular formula is C12H19NO3. The zero-order valence-electron chi connectivity index (χ0n) is 9.45. The van der Waals surface area contributed by atoms with Crippen molar-refractivity contribution in [1.82, 2.24) is 5.32 Å². The molecule has 2 aliphatic carbocycles. The van der Waals surface area contributed by atoms with Gasteiger partial charge in [0.2, 0.25) is 5.91 Å². The second kappa shape index (κ2) is 4.85. The molecule has 0 unspecified atom stereocenters. The van der Waals surface area contributed by atoms with Crippen molar-refractivity contribution in [2.75, 3.05) is 6.54 Å². The summed E-state index contributed by atoms with van der Waals surface area (Å²) in [6.07, 6.45) is 5.31. The van der Waals surface area contributed by atoms with E-state index < -0.39 is 5.97 Å². The molecule has 2 fully saturated rings. The van der Waals surface area contributed by atoms with E-state index in [-0.39, 0.29) is 18.2 Å². The maximum atomic E-state index is 11.6. The molecule has 0 bridgehead atoms. The van der Waals surface area contributed by atoms with E-state index in [0.717, 1.165) is 18.8 Å². The molecule has 0 aromatic carbocycles. The Kier molecular flexibility index (Phi) is 3.46. The molecule has 2 atom stereocenters. The number of carboxylic acid groups (broad SMARTS) is 1. The molecule has 4 heteroatoms. The molecule has 2 aliphatic rings. The minimum absolute atomic E-state index is 0.187. The van der Waals surface area contributed by atoms with Gasteiger partial charge < -0.3 is 10.4 Å². The van der Waals surface area contributed by atoms with Crippen LogP contribution in [-0.4, -0.2) is 23.5 Å². The summed E-state index contributed by atoms with van der Waals surface area (Å²) in [5.74, 6) is 1.20. The first-order chi connectivity index (χ1) is 7.68. The number of carbonyl (C=O) groups is 2. The lowest BCUT2D eigenvalue weighted by Crippen LogP contribution is -2.26. The van der Waals surface area contributed by atoms with E-state index in [1.165, 1.54) is 12.8 Å². The molecule has 0 radical (unpaired) electrons. The molecule has 2 saturated carbocycles. The highest BCUT2D eigenvalue weighted by molar-refractivity contribution is 5.81. The molecule has 90 valence electrons. The van der Waals surface area contributed by atoms with E-state index >= 15 is 0 Å². The van der Waals surface area contributed by atoms with Crippen LogP contribution in [0.2, 0.25) is 0 Å². The highest BCUT2D eigenvalue weighted by atomic mass is 16.4. The first-order valence-electron chi connectivity index (χ1n) is 6.18. The summed E-state index contributed by atoms with van der Waals surface area (Å²) in [6, 6.07) is 0. The van der Waals surface area contributed by atoms with Crippen molar-refractivity contribution in [2.45, 2.75) is 38.5 Å². The number of unbranched alkanes of at least 4 members (excludes halogenated alkanes) is 1. The standard InChI is InChI=1S/C12H19NO3/c14-11(15)3-1-2-6-13-12(16)10-7-9(10)8-4-5-8/h8-10H,1-7H2,(H,13,16)(H,14,15)/t9-,10+/m0/s1. The van der Waals surface area contributed by atoms with Gasteiger partial charge in [-0.15, -0.1) is 0 Å². The highest BCUT2D eigenvalue weighted by Gasteiger charge is 2.50. The van der Waals surface area contributed by atoms with Crippen LogP contribution >= 0.6 is 0 Å². The Morgan fingerprint density at radius 3 is 2.62 bits per heavy atom. The number of nitrogens with one attached hydrogen (secondary N) is 1. The Balaban J connectivity index is 1.50. The maximum absolute atomic E-state index is 11.6. The van der Waals surface area contributed by atoms with E-state index in [1.54, 1.807) is 0 Å². The average molecular weight is 225 g/mol. The summed E-state index contributed by atoms with van der Waals surface area (Å²) >= 11 is 0. The number of carboxylic acids is 1. The van der Waals surface area contributed by atoms with Gasteiger partial charge in [-0.25, -0.2) is 0 Å². The number of rotatable bonds is 7. The molecule has 0 aromatic rings. The number of hydrogen-bond donors (Lipinski definition) is 2. The molecule has 0 spiro atoms. The third-order valence-electron chi connectivity index (χ3n) is 3.52. The average Bonchev–Trinajstić information content (AvgIpc) is 3.06.